The molecule has 0 bridgehead atoms. The number of carbonyl (C=O) groups is 1. The fourth-order valence-corrected chi connectivity index (χ4v) is 2.66. The zero-order chi connectivity index (χ0) is 13.4. The highest BCUT2D eigenvalue weighted by Gasteiger charge is 2.27. The Balaban J connectivity index is 2.40. The van der Waals surface area contributed by atoms with E-state index in [-0.39, 0.29) is 5.92 Å². The number of hydrogen-bond donors (Lipinski definition) is 1. The van der Waals surface area contributed by atoms with Gasteiger partial charge in [0, 0.05) is 5.92 Å². The SMILES string of the molecule is C=CC[NH+]1CCN(C(=O)[C@H](CC)CCCC)CC1. The third-order valence-corrected chi connectivity index (χ3v) is 3.96. The number of amides is 1. The second-order valence-electron chi connectivity index (χ2n) is 5.32. The topological polar surface area (TPSA) is 24.8 Å². The summed E-state index contributed by atoms with van der Waals surface area (Å²) in [7, 11) is 0. The summed E-state index contributed by atoms with van der Waals surface area (Å²) in [5.41, 5.74) is 0. The molecule has 104 valence electrons. The Morgan fingerprint density at radius 2 is 2.06 bits per heavy atom. The minimum atomic E-state index is 0.255. The Morgan fingerprint density at radius 3 is 2.56 bits per heavy atom. The Bertz CT molecular complexity index is 257. The summed E-state index contributed by atoms with van der Waals surface area (Å²) in [5, 5.41) is 0. The third-order valence-electron chi connectivity index (χ3n) is 3.96. The van der Waals surface area contributed by atoms with Gasteiger partial charge in [0.05, 0.1) is 32.7 Å². The van der Waals surface area contributed by atoms with Gasteiger partial charge in [0.1, 0.15) is 0 Å². The Hall–Kier alpha value is -0.830. The number of piperazine rings is 1. The second-order valence-corrected chi connectivity index (χ2v) is 5.32. The molecule has 0 unspecified atom stereocenters. The lowest BCUT2D eigenvalue weighted by molar-refractivity contribution is -0.898. The zero-order valence-electron chi connectivity index (χ0n) is 12.1. The number of hydrogen-bond acceptors (Lipinski definition) is 1. The van der Waals surface area contributed by atoms with Crippen LogP contribution < -0.4 is 4.90 Å². The van der Waals surface area contributed by atoms with Crippen molar-refractivity contribution in [2.45, 2.75) is 39.5 Å². The molecule has 1 aliphatic heterocycles. The van der Waals surface area contributed by atoms with Crippen LogP contribution in [0.5, 0.6) is 0 Å². The number of carbonyl (C=O) groups excluding carboxylic acids is 1. The van der Waals surface area contributed by atoms with Gasteiger partial charge in [-0.05, 0) is 18.9 Å². The van der Waals surface area contributed by atoms with Gasteiger partial charge < -0.3 is 9.80 Å². The molecule has 0 aromatic carbocycles. The molecule has 1 saturated heterocycles. The molecule has 0 aliphatic carbocycles. The van der Waals surface area contributed by atoms with Gasteiger partial charge in [0.25, 0.3) is 0 Å². The highest BCUT2D eigenvalue weighted by atomic mass is 16.2. The van der Waals surface area contributed by atoms with Gasteiger partial charge >= 0.3 is 0 Å². The lowest BCUT2D eigenvalue weighted by atomic mass is 9.97. The Morgan fingerprint density at radius 1 is 1.39 bits per heavy atom. The standard InChI is InChI=1S/C15H28N2O/c1-4-7-8-14(6-3)15(18)17-12-10-16(9-5-2)11-13-17/h5,14H,2,4,6-13H2,1,3H3/p+1/t14-/m1/s1. The Labute approximate surface area is 112 Å². The fraction of sp³-hybridized carbons (Fsp3) is 0.800. The summed E-state index contributed by atoms with van der Waals surface area (Å²) >= 11 is 0. The molecule has 1 aliphatic rings. The van der Waals surface area contributed by atoms with Crippen LogP contribution in [0.1, 0.15) is 39.5 Å². The van der Waals surface area contributed by atoms with Crippen molar-refractivity contribution in [3.05, 3.63) is 12.7 Å². The zero-order valence-corrected chi connectivity index (χ0v) is 12.1. The molecule has 0 aromatic rings. The molecule has 0 saturated carbocycles. The van der Waals surface area contributed by atoms with E-state index in [1.807, 2.05) is 6.08 Å². The maximum absolute atomic E-state index is 12.4. The van der Waals surface area contributed by atoms with E-state index in [1.165, 1.54) is 12.8 Å². The quantitative estimate of drug-likeness (QED) is 0.676. The molecule has 3 heteroatoms. The molecule has 0 radical (unpaired) electrons. The number of rotatable bonds is 7. The molecule has 0 aromatic heterocycles. The minimum absolute atomic E-state index is 0.255. The predicted molar refractivity (Wildman–Crippen MR) is 75.6 cm³/mol. The van der Waals surface area contributed by atoms with Crippen molar-refractivity contribution in [3.63, 3.8) is 0 Å². The smallest absolute Gasteiger partial charge is 0.226 e. The van der Waals surface area contributed by atoms with E-state index in [9.17, 15) is 4.79 Å². The molecule has 1 fully saturated rings. The monoisotopic (exact) mass is 253 g/mol. The average Bonchev–Trinajstić information content (AvgIpc) is 2.40. The first-order valence-electron chi connectivity index (χ1n) is 7.46. The van der Waals surface area contributed by atoms with Gasteiger partial charge in [0.15, 0.2) is 0 Å². The van der Waals surface area contributed by atoms with E-state index in [2.05, 4.69) is 25.3 Å². The van der Waals surface area contributed by atoms with Crippen molar-refractivity contribution < 1.29 is 9.69 Å². The number of unbranched alkanes of at least 4 members (excludes halogenated alkanes) is 1. The predicted octanol–water partition coefficient (Wildman–Crippen LogP) is 1.12. The van der Waals surface area contributed by atoms with Crippen LogP contribution in [0.4, 0.5) is 0 Å². The summed E-state index contributed by atoms with van der Waals surface area (Å²) in [6.07, 6.45) is 6.38. The first kappa shape index (κ1) is 15.2. The van der Waals surface area contributed by atoms with E-state index in [4.69, 9.17) is 0 Å². The first-order valence-corrected chi connectivity index (χ1v) is 7.46. The van der Waals surface area contributed by atoms with E-state index < -0.39 is 0 Å². The molecule has 1 atom stereocenters. The lowest BCUT2D eigenvalue weighted by Gasteiger charge is -2.33. The van der Waals surface area contributed by atoms with Crippen molar-refractivity contribution in [1.29, 1.82) is 0 Å². The number of nitrogens with one attached hydrogen (secondary N) is 1. The fourth-order valence-electron chi connectivity index (χ4n) is 2.66. The lowest BCUT2D eigenvalue weighted by Crippen LogP contribution is -3.14. The van der Waals surface area contributed by atoms with Crippen LogP contribution in [-0.4, -0.2) is 43.5 Å². The van der Waals surface area contributed by atoms with Crippen LogP contribution in [0.2, 0.25) is 0 Å². The van der Waals surface area contributed by atoms with Crippen molar-refractivity contribution in [1.82, 2.24) is 4.90 Å². The maximum atomic E-state index is 12.4. The van der Waals surface area contributed by atoms with Crippen LogP contribution in [0.15, 0.2) is 12.7 Å². The number of quaternary nitrogens is 1. The molecule has 1 rings (SSSR count). The molecular weight excluding hydrogens is 224 g/mol. The van der Waals surface area contributed by atoms with E-state index in [0.29, 0.717) is 5.91 Å². The van der Waals surface area contributed by atoms with Crippen molar-refractivity contribution in [3.8, 4) is 0 Å². The largest absolute Gasteiger partial charge is 0.331 e. The molecule has 1 heterocycles. The van der Waals surface area contributed by atoms with Crippen LogP contribution in [-0.2, 0) is 4.79 Å². The highest BCUT2D eigenvalue weighted by Crippen LogP contribution is 2.15. The molecule has 18 heavy (non-hydrogen) atoms. The maximum Gasteiger partial charge on any atom is 0.226 e. The summed E-state index contributed by atoms with van der Waals surface area (Å²) in [6, 6.07) is 0. The summed E-state index contributed by atoms with van der Waals surface area (Å²) in [5.74, 6) is 0.648. The third kappa shape index (κ3) is 4.45. The van der Waals surface area contributed by atoms with Crippen LogP contribution in [0.25, 0.3) is 0 Å². The van der Waals surface area contributed by atoms with Crippen LogP contribution in [0.3, 0.4) is 0 Å². The first-order chi connectivity index (χ1) is 8.72. The molecule has 3 nitrogen and oxygen atoms in total. The average molecular weight is 253 g/mol. The normalized spacial score (nSPS) is 18.7. The van der Waals surface area contributed by atoms with E-state index in [0.717, 1.165) is 45.6 Å². The van der Waals surface area contributed by atoms with Gasteiger partial charge in [-0.2, -0.15) is 0 Å². The second kappa shape index (κ2) is 8.30. The van der Waals surface area contributed by atoms with E-state index in [1.54, 1.807) is 4.90 Å². The van der Waals surface area contributed by atoms with Crippen molar-refractivity contribution in [2.24, 2.45) is 5.92 Å². The summed E-state index contributed by atoms with van der Waals surface area (Å²) < 4.78 is 0. The van der Waals surface area contributed by atoms with Gasteiger partial charge in [-0.25, -0.2) is 0 Å². The van der Waals surface area contributed by atoms with Gasteiger partial charge in [-0.1, -0.05) is 33.3 Å². The van der Waals surface area contributed by atoms with Crippen LogP contribution in [0, 0.1) is 5.92 Å². The summed E-state index contributed by atoms with van der Waals surface area (Å²) in [6.45, 7) is 13.1. The van der Waals surface area contributed by atoms with E-state index >= 15 is 0 Å². The number of nitrogens with zero attached hydrogens (tertiary/aromatic N) is 1. The van der Waals surface area contributed by atoms with Crippen LogP contribution >= 0.6 is 0 Å². The Kier molecular flexibility index (Phi) is 7.02. The summed E-state index contributed by atoms with van der Waals surface area (Å²) in [4.78, 5) is 16.0. The molecule has 1 N–H and O–H groups in total. The van der Waals surface area contributed by atoms with Crippen molar-refractivity contribution in [2.75, 3.05) is 32.7 Å². The van der Waals surface area contributed by atoms with Gasteiger partial charge in [0.2, 0.25) is 5.91 Å². The highest BCUT2D eigenvalue weighted by molar-refractivity contribution is 5.78. The minimum Gasteiger partial charge on any atom is -0.331 e. The van der Waals surface area contributed by atoms with Gasteiger partial charge in [-0.15, -0.1) is 0 Å². The molecular formula is C15H29N2O+. The van der Waals surface area contributed by atoms with Gasteiger partial charge in [-0.3, -0.25) is 4.79 Å². The molecule has 0 spiro atoms. The molecule has 1 amide bonds. The van der Waals surface area contributed by atoms with Crippen molar-refractivity contribution >= 4 is 5.91 Å².